The van der Waals surface area contributed by atoms with Crippen molar-refractivity contribution in [3.05, 3.63) is 65.2 Å². The summed E-state index contributed by atoms with van der Waals surface area (Å²) in [4.78, 5) is 23.4. The molecule has 0 radical (unpaired) electrons. The van der Waals surface area contributed by atoms with E-state index in [0.717, 1.165) is 77.0 Å². The lowest BCUT2D eigenvalue weighted by molar-refractivity contribution is -0.154. The molecular weight excluding hydrogens is 479 g/mol. The number of carboxylic acid groups (broad SMARTS) is 2. The van der Waals surface area contributed by atoms with Crippen LogP contribution < -0.4 is 5.32 Å². The molecule has 3 heterocycles. The van der Waals surface area contributed by atoms with Crippen molar-refractivity contribution in [3.8, 4) is 0 Å². The number of benzene rings is 1. The van der Waals surface area contributed by atoms with Gasteiger partial charge in [0.2, 0.25) is 0 Å². The minimum atomic E-state index is -1.31. The highest BCUT2D eigenvalue weighted by molar-refractivity contribution is 5.88. The Labute approximate surface area is 216 Å². The maximum absolute atomic E-state index is 13.6. The van der Waals surface area contributed by atoms with Crippen LogP contribution >= 0.6 is 0 Å². The number of aromatic nitrogens is 1. The van der Waals surface area contributed by atoms with Gasteiger partial charge >= 0.3 is 11.9 Å². The lowest BCUT2D eigenvalue weighted by Gasteiger charge is -2.49. The molecule has 0 saturated carbocycles. The Kier molecular flexibility index (Phi) is 8.89. The maximum Gasteiger partial charge on any atom is 0.314 e. The molecule has 0 bridgehead atoms. The van der Waals surface area contributed by atoms with Crippen molar-refractivity contribution in [2.75, 3.05) is 26.4 Å². The van der Waals surface area contributed by atoms with Crippen LogP contribution in [0.15, 0.2) is 42.6 Å². The predicted molar refractivity (Wildman–Crippen MR) is 134 cm³/mol. The summed E-state index contributed by atoms with van der Waals surface area (Å²) in [6, 6.07) is 12.7. The van der Waals surface area contributed by atoms with E-state index in [-0.39, 0.29) is 16.8 Å². The van der Waals surface area contributed by atoms with Crippen molar-refractivity contribution < 1.29 is 33.7 Å². The number of carboxylic acids is 2. The Bertz CT molecular complexity index is 1030. The lowest BCUT2D eigenvalue weighted by Crippen LogP contribution is -2.51. The van der Waals surface area contributed by atoms with E-state index in [4.69, 9.17) is 19.7 Å². The number of nitrogens with one attached hydrogen (secondary N) is 1. The SMILES string of the molecule is Fc1ccc(C2(CCNC3Cc4ccccc4C3)CCOC3(CCOCC3)C2)nc1.O=C(O)CC(=O)O. The average Bonchev–Trinajstić information content (AvgIpc) is 3.27. The number of aliphatic carboxylic acids is 2. The van der Waals surface area contributed by atoms with Crippen LogP contribution in [0.5, 0.6) is 0 Å². The largest absolute Gasteiger partial charge is 0.481 e. The molecule has 9 heteroatoms. The first-order chi connectivity index (χ1) is 17.8. The van der Waals surface area contributed by atoms with E-state index in [0.29, 0.717) is 6.04 Å². The molecule has 2 aromatic rings. The number of carbonyl (C=O) groups is 2. The second-order valence-electron chi connectivity index (χ2n) is 10.3. The molecule has 0 amide bonds. The minimum absolute atomic E-state index is 0.0816. The monoisotopic (exact) mass is 514 g/mol. The van der Waals surface area contributed by atoms with Crippen LogP contribution in [-0.2, 0) is 37.3 Å². The molecule has 3 aliphatic rings. The van der Waals surface area contributed by atoms with Crippen LogP contribution in [0.2, 0.25) is 0 Å². The number of fused-ring (bicyclic) bond motifs is 1. The van der Waals surface area contributed by atoms with Gasteiger partial charge in [-0.1, -0.05) is 24.3 Å². The summed E-state index contributed by atoms with van der Waals surface area (Å²) in [7, 11) is 0. The number of hydrogen-bond acceptors (Lipinski definition) is 6. The van der Waals surface area contributed by atoms with Gasteiger partial charge in [-0.15, -0.1) is 0 Å². The molecular formula is C28H35FN2O6. The van der Waals surface area contributed by atoms with Crippen molar-refractivity contribution in [3.63, 3.8) is 0 Å². The van der Waals surface area contributed by atoms with Crippen molar-refractivity contribution in [2.45, 2.75) is 68.4 Å². The van der Waals surface area contributed by atoms with E-state index in [1.807, 2.05) is 6.07 Å². The van der Waals surface area contributed by atoms with Crippen molar-refractivity contribution in [1.82, 2.24) is 10.3 Å². The molecule has 1 aliphatic carbocycles. The molecule has 1 atom stereocenters. The molecule has 37 heavy (non-hydrogen) atoms. The first-order valence-electron chi connectivity index (χ1n) is 12.9. The summed E-state index contributed by atoms with van der Waals surface area (Å²) < 4.78 is 25.5. The number of halogens is 1. The number of hydrogen-bond donors (Lipinski definition) is 3. The third kappa shape index (κ3) is 7.12. The van der Waals surface area contributed by atoms with Gasteiger partial charge in [-0.3, -0.25) is 14.6 Å². The predicted octanol–water partition coefficient (Wildman–Crippen LogP) is 3.51. The zero-order valence-electron chi connectivity index (χ0n) is 21.0. The Balaban J connectivity index is 0.000000405. The smallest absolute Gasteiger partial charge is 0.314 e. The summed E-state index contributed by atoms with van der Waals surface area (Å²) in [6.07, 6.45) is 7.48. The van der Waals surface area contributed by atoms with E-state index in [1.165, 1.54) is 17.3 Å². The highest BCUT2D eigenvalue weighted by Gasteiger charge is 2.48. The zero-order chi connectivity index (χ0) is 26.3. The standard InChI is InChI=1S/C25H31FN2O2.C3H4O4/c26-21-5-6-23(28-17-21)24(8-14-30-25(18-24)9-12-29-13-10-25)7-11-27-22-15-19-3-1-2-4-20(19)16-22;4-2(5)1-3(6)7/h1-6,17,22,27H,7-16,18H2;1H2,(H,4,5)(H,6,7). The Morgan fingerprint density at radius 2 is 1.68 bits per heavy atom. The van der Waals surface area contributed by atoms with Gasteiger partial charge in [0.1, 0.15) is 12.2 Å². The summed E-state index contributed by atoms with van der Waals surface area (Å²) >= 11 is 0. The van der Waals surface area contributed by atoms with E-state index in [1.54, 1.807) is 6.07 Å². The molecule has 2 fully saturated rings. The Morgan fingerprint density at radius 1 is 1.00 bits per heavy atom. The summed E-state index contributed by atoms with van der Waals surface area (Å²) in [5.41, 5.74) is 3.74. The van der Waals surface area contributed by atoms with Crippen LogP contribution in [-0.4, -0.2) is 65.1 Å². The molecule has 3 N–H and O–H groups in total. The first-order valence-corrected chi connectivity index (χ1v) is 12.9. The molecule has 2 saturated heterocycles. The van der Waals surface area contributed by atoms with Crippen molar-refractivity contribution >= 4 is 11.9 Å². The third-order valence-corrected chi connectivity index (χ3v) is 7.71. The molecule has 1 aromatic heterocycles. The van der Waals surface area contributed by atoms with Crippen LogP contribution in [0.4, 0.5) is 4.39 Å². The average molecular weight is 515 g/mol. The topological polar surface area (TPSA) is 118 Å². The van der Waals surface area contributed by atoms with Gasteiger partial charge < -0.3 is 25.0 Å². The normalized spacial score (nSPS) is 22.6. The summed E-state index contributed by atoms with van der Waals surface area (Å²) in [5, 5.41) is 19.2. The number of rotatable bonds is 7. The maximum atomic E-state index is 13.6. The molecule has 5 rings (SSSR count). The van der Waals surface area contributed by atoms with Gasteiger partial charge in [-0.25, -0.2) is 4.39 Å². The van der Waals surface area contributed by atoms with Crippen molar-refractivity contribution in [2.24, 2.45) is 0 Å². The highest BCUT2D eigenvalue weighted by Crippen LogP contribution is 2.47. The Morgan fingerprint density at radius 3 is 2.24 bits per heavy atom. The second kappa shape index (κ2) is 12.1. The summed E-state index contributed by atoms with van der Waals surface area (Å²) in [5.74, 6) is -2.90. The molecule has 2 aliphatic heterocycles. The molecule has 1 aromatic carbocycles. The minimum Gasteiger partial charge on any atom is -0.481 e. The zero-order valence-corrected chi connectivity index (χ0v) is 21.0. The number of ether oxygens (including phenoxy) is 2. The summed E-state index contributed by atoms with van der Waals surface area (Å²) in [6.45, 7) is 3.18. The molecule has 1 unspecified atom stereocenters. The molecule has 200 valence electrons. The van der Waals surface area contributed by atoms with Crippen LogP contribution in [0.25, 0.3) is 0 Å². The van der Waals surface area contributed by atoms with E-state index >= 15 is 0 Å². The van der Waals surface area contributed by atoms with Gasteiger partial charge in [-0.05, 0) is 74.8 Å². The fourth-order valence-electron chi connectivity index (χ4n) is 5.88. The van der Waals surface area contributed by atoms with Gasteiger partial charge in [0.15, 0.2) is 0 Å². The van der Waals surface area contributed by atoms with Gasteiger partial charge in [0.25, 0.3) is 0 Å². The van der Waals surface area contributed by atoms with Gasteiger partial charge in [0, 0.05) is 37.0 Å². The third-order valence-electron chi connectivity index (χ3n) is 7.71. The van der Waals surface area contributed by atoms with Crippen LogP contribution in [0.1, 0.15) is 55.3 Å². The number of pyridine rings is 1. The van der Waals surface area contributed by atoms with E-state index in [2.05, 4.69) is 34.6 Å². The van der Waals surface area contributed by atoms with Crippen LogP contribution in [0, 0.1) is 5.82 Å². The fraction of sp³-hybridized carbons (Fsp3) is 0.536. The van der Waals surface area contributed by atoms with Crippen molar-refractivity contribution in [1.29, 1.82) is 0 Å². The molecule has 1 spiro atoms. The Hall–Kier alpha value is -2.88. The van der Waals surface area contributed by atoms with E-state index in [9.17, 15) is 14.0 Å². The lowest BCUT2D eigenvalue weighted by atomic mass is 9.66. The highest BCUT2D eigenvalue weighted by atomic mass is 19.1. The quantitative estimate of drug-likeness (QED) is 0.481. The first kappa shape index (κ1) is 27.2. The molecule has 8 nitrogen and oxygen atoms in total. The second-order valence-corrected chi connectivity index (χ2v) is 10.3. The van der Waals surface area contributed by atoms with Gasteiger partial charge in [-0.2, -0.15) is 0 Å². The van der Waals surface area contributed by atoms with E-state index < -0.39 is 18.4 Å². The van der Waals surface area contributed by atoms with Gasteiger partial charge in [0.05, 0.1) is 11.8 Å². The van der Waals surface area contributed by atoms with Crippen LogP contribution in [0.3, 0.4) is 0 Å². The fourth-order valence-corrected chi connectivity index (χ4v) is 5.88. The number of nitrogens with zero attached hydrogens (tertiary/aromatic N) is 1.